The molecule has 1 aromatic heterocycles. The van der Waals surface area contributed by atoms with E-state index in [0.29, 0.717) is 19.6 Å². The van der Waals surface area contributed by atoms with Gasteiger partial charge in [0.15, 0.2) is 0 Å². The quantitative estimate of drug-likeness (QED) is 0.695. The van der Waals surface area contributed by atoms with Crippen LogP contribution in [0.1, 0.15) is 36.8 Å². The Morgan fingerprint density at radius 2 is 1.74 bits per heavy atom. The van der Waals surface area contributed by atoms with E-state index in [-0.39, 0.29) is 11.8 Å². The van der Waals surface area contributed by atoms with Gasteiger partial charge in [-0.15, -0.1) is 0 Å². The summed E-state index contributed by atoms with van der Waals surface area (Å²) in [5.74, 6) is 0.718. The fourth-order valence-electron chi connectivity index (χ4n) is 3.72. The molecule has 0 radical (unpaired) electrons. The first-order chi connectivity index (χ1) is 15.0. The van der Waals surface area contributed by atoms with E-state index in [1.165, 1.54) is 37.8 Å². The average molecular weight is 428 g/mol. The van der Waals surface area contributed by atoms with Gasteiger partial charge in [-0.05, 0) is 62.3 Å². The molecule has 1 aliphatic heterocycles. The summed E-state index contributed by atoms with van der Waals surface area (Å²) in [5, 5.41) is 3.05. The molecule has 31 heavy (non-hydrogen) atoms. The second kappa shape index (κ2) is 11.6. The largest absolute Gasteiger partial charge is 0.357 e. The number of carbonyl (C=O) groups is 1. The minimum Gasteiger partial charge on any atom is -0.357 e. The van der Waals surface area contributed by atoms with Crippen LogP contribution in [0.25, 0.3) is 0 Å². The van der Waals surface area contributed by atoms with Crippen molar-refractivity contribution < 1.29 is 9.18 Å². The summed E-state index contributed by atoms with van der Waals surface area (Å²) in [6, 6.07) is 10.2. The Hall–Kier alpha value is -2.67. The number of benzene rings is 1. The van der Waals surface area contributed by atoms with Gasteiger partial charge < -0.3 is 20.0 Å². The molecule has 1 aliphatic rings. The SMILES string of the molecule is CN(C)CCN(Cc1ccc(F)cc1)C(=O)NCc1ccnc(N2CCCCCC2)c1. The molecular formula is C24H34FN5O. The molecule has 6 nitrogen and oxygen atoms in total. The number of pyridine rings is 1. The Morgan fingerprint density at radius 3 is 2.42 bits per heavy atom. The Bertz CT molecular complexity index is 819. The summed E-state index contributed by atoms with van der Waals surface area (Å²) in [6.45, 7) is 4.31. The van der Waals surface area contributed by atoms with Crippen LogP contribution < -0.4 is 10.2 Å². The van der Waals surface area contributed by atoms with Crippen molar-refractivity contribution in [2.75, 3.05) is 45.2 Å². The number of hydrogen-bond donors (Lipinski definition) is 1. The topological polar surface area (TPSA) is 51.7 Å². The fourth-order valence-corrected chi connectivity index (χ4v) is 3.72. The summed E-state index contributed by atoms with van der Waals surface area (Å²) in [5.41, 5.74) is 1.94. The van der Waals surface area contributed by atoms with E-state index in [1.807, 2.05) is 31.3 Å². The van der Waals surface area contributed by atoms with Gasteiger partial charge in [-0.3, -0.25) is 0 Å². The van der Waals surface area contributed by atoms with Gasteiger partial charge >= 0.3 is 6.03 Å². The van der Waals surface area contributed by atoms with Crippen molar-refractivity contribution in [3.63, 3.8) is 0 Å². The first-order valence-electron chi connectivity index (χ1n) is 11.1. The second-order valence-corrected chi connectivity index (χ2v) is 8.43. The van der Waals surface area contributed by atoms with Crippen LogP contribution in [-0.4, -0.2) is 61.1 Å². The Morgan fingerprint density at radius 1 is 1.03 bits per heavy atom. The third-order valence-corrected chi connectivity index (χ3v) is 5.57. The van der Waals surface area contributed by atoms with Crippen LogP contribution in [0, 0.1) is 5.82 Å². The van der Waals surface area contributed by atoms with Crippen LogP contribution in [0.4, 0.5) is 15.0 Å². The summed E-state index contributed by atoms with van der Waals surface area (Å²) >= 11 is 0. The minimum atomic E-state index is -0.272. The van der Waals surface area contributed by atoms with E-state index in [9.17, 15) is 9.18 Å². The van der Waals surface area contributed by atoms with Crippen molar-refractivity contribution in [3.05, 3.63) is 59.5 Å². The fraction of sp³-hybridized carbons (Fsp3) is 0.500. The van der Waals surface area contributed by atoms with Gasteiger partial charge in [0.2, 0.25) is 0 Å². The Labute approximate surface area is 185 Å². The number of nitrogens with one attached hydrogen (secondary N) is 1. The Balaban J connectivity index is 1.61. The molecule has 7 heteroatoms. The highest BCUT2D eigenvalue weighted by atomic mass is 19.1. The number of carbonyl (C=O) groups excluding carboxylic acids is 1. The maximum Gasteiger partial charge on any atom is 0.318 e. The number of halogens is 1. The second-order valence-electron chi connectivity index (χ2n) is 8.43. The molecule has 1 fully saturated rings. The highest BCUT2D eigenvalue weighted by molar-refractivity contribution is 5.74. The third kappa shape index (κ3) is 7.51. The predicted octanol–water partition coefficient (Wildman–Crippen LogP) is 3.87. The first-order valence-corrected chi connectivity index (χ1v) is 11.1. The monoisotopic (exact) mass is 427 g/mol. The summed E-state index contributed by atoms with van der Waals surface area (Å²) in [6.07, 6.45) is 6.79. The lowest BCUT2D eigenvalue weighted by Crippen LogP contribution is -2.42. The van der Waals surface area contributed by atoms with Gasteiger partial charge in [-0.25, -0.2) is 14.2 Å². The number of anilines is 1. The summed E-state index contributed by atoms with van der Waals surface area (Å²) in [7, 11) is 3.96. The number of aromatic nitrogens is 1. The molecule has 0 spiro atoms. The van der Waals surface area contributed by atoms with Crippen LogP contribution in [0.3, 0.4) is 0 Å². The van der Waals surface area contributed by atoms with E-state index in [2.05, 4.69) is 21.3 Å². The number of hydrogen-bond acceptors (Lipinski definition) is 4. The molecule has 0 atom stereocenters. The maximum atomic E-state index is 13.2. The van der Waals surface area contributed by atoms with Crippen LogP contribution in [0.5, 0.6) is 0 Å². The zero-order valence-corrected chi connectivity index (χ0v) is 18.7. The molecule has 0 saturated carbocycles. The molecule has 2 aromatic rings. The summed E-state index contributed by atoms with van der Waals surface area (Å²) in [4.78, 5) is 23.6. The molecule has 0 aliphatic carbocycles. The smallest absolute Gasteiger partial charge is 0.318 e. The van der Waals surface area contributed by atoms with Gasteiger partial charge in [-0.1, -0.05) is 25.0 Å². The van der Waals surface area contributed by atoms with Crippen LogP contribution in [0.15, 0.2) is 42.6 Å². The van der Waals surface area contributed by atoms with Crippen LogP contribution >= 0.6 is 0 Å². The van der Waals surface area contributed by atoms with Crippen molar-refractivity contribution in [2.45, 2.75) is 38.8 Å². The van der Waals surface area contributed by atoms with Crippen molar-refractivity contribution >= 4 is 11.8 Å². The molecule has 1 N–H and O–H groups in total. The lowest BCUT2D eigenvalue weighted by Gasteiger charge is -2.25. The number of nitrogens with zero attached hydrogens (tertiary/aromatic N) is 4. The van der Waals surface area contributed by atoms with Gasteiger partial charge in [-0.2, -0.15) is 0 Å². The normalized spacial score (nSPS) is 14.4. The average Bonchev–Trinajstić information content (AvgIpc) is 3.06. The predicted molar refractivity (Wildman–Crippen MR) is 123 cm³/mol. The van der Waals surface area contributed by atoms with E-state index < -0.39 is 0 Å². The van der Waals surface area contributed by atoms with E-state index >= 15 is 0 Å². The van der Waals surface area contributed by atoms with Crippen LogP contribution in [0.2, 0.25) is 0 Å². The molecule has 3 rings (SSSR count). The van der Waals surface area contributed by atoms with Crippen molar-refractivity contribution in [1.29, 1.82) is 0 Å². The van der Waals surface area contributed by atoms with Gasteiger partial charge in [0, 0.05) is 45.5 Å². The molecule has 2 heterocycles. The lowest BCUT2D eigenvalue weighted by atomic mass is 10.2. The van der Waals surface area contributed by atoms with E-state index in [1.54, 1.807) is 17.0 Å². The van der Waals surface area contributed by atoms with E-state index in [4.69, 9.17) is 0 Å². The van der Waals surface area contributed by atoms with Crippen molar-refractivity contribution in [3.8, 4) is 0 Å². The zero-order chi connectivity index (χ0) is 22.1. The Kier molecular flexibility index (Phi) is 8.64. The molecule has 1 saturated heterocycles. The lowest BCUT2D eigenvalue weighted by molar-refractivity contribution is 0.188. The third-order valence-electron chi connectivity index (χ3n) is 5.57. The highest BCUT2D eigenvalue weighted by Crippen LogP contribution is 2.18. The number of amides is 2. The molecule has 1 aromatic carbocycles. The van der Waals surface area contributed by atoms with E-state index in [0.717, 1.165) is 36.6 Å². The molecule has 2 amide bonds. The molecule has 168 valence electrons. The number of rotatable bonds is 8. The van der Waals surface area contributed by atoms with Crippen LogP contribution in [-0.2, 0) is 13.1 Å². The molecule has 0 unspecified atom stereocenters. The van der Waals surface area contributed by atoms with Gasteiger partial charge in [0.25, 0.3) is 0 Å². The van der Waals surface area contributed by atoms with Crippen molar-refractivity contribution in [1.82, 2.24) is 20.1 Å². The standard InChI is InChI=1S/C24H34FN5O/c1-28(2)15-16-30(19-20-7-9-22(25)10-8-20)24(31)27-18-21-11-12-26-23(17-21)29-13-5-3-4-6-14-29/h7-12,17H,3-6,13-16,18-19H2,1-2H3,(H,27,31). The van der Waals surface area contributed by atoms with Gasteiger partial charge in [0.05, 0.1) is 0 Å². The zero-order valence-electron chi connectivity index (χ0n) is 18.7. The van der Waals surface area contributed by atoms with Crippen molar-refractivity contribution in [2.24, 2.45) is 0 Å². The van der Waals surface area contributed by atoms with Gasteiger partial charge in [0.1, 0.15) is 11.6 Å². The molecule has 0 bridgehead atoms. The molecular weight excluding hydrogens is 393 g/mol. The highest BCUT2D eigenvalue weighted by Gasteiger charge is 2.15. The number of urea groups is 1. The summed E-state index contributed by atoms with van der Waals surface area (Å²) < 4.78 is 13.2. The first kappa shape index (κ1) is 23.0. The number of likely N-dealkylation sites (N-methyl/N-ethyl adjacent to an activating group) is 1. The maximum absolute atomic E-state index is 13.2. The minimum absolute atomic E-state index is 0.126.